The summed E-state index contributed by atoms with van der Waals surface area (Å²) in [5, 5.41) is 5.58. The van der Waals surface area contributed by atoms with Gasteiger partial charge in [0.2, 0.25) is 11.8 Å². The first-order valence-corrected chi connectivity index (χ1v) is 12.9. The molecule has 1 aliphatic heterocycles. The summed E-state index contributed by atoms with van der Waals surface area (Å²) in [4.78, 5) is 53.9. The number of benzene rings is 2. The number of Topliss-reactive ketones (excluding diaryl/α,β-unsaturated/α-hetero) is 1. The molecule has 3 atom stereocenters. The van der Waals surface area contributed by atoms with Gasteiger partial charge in [-0.2, -0.15) is 0 Å². The van der Waals surface area contributed by atoms with Crippen LogP contribution < -0.4 is 10.6 Å². The highest BCUT2D eigenvalue weighted by Gasteiger charge is 2.40. The van der Waals surface area contributed by atoms with Gasteiger partial charge in [-0.15, -0.1) is 0 Å². The lowest BCUT2D eigenvalue weighted by molar-refractivity contribution is -0.141. The number of ketones is 1. The van der Waals surface area contributed by atoms with Gasteiger partial charge in [-0.1, -0.05) is 88.4 Å². The normalized spacial score (nSPS) is 16.8. The van der Waals surface area contributed by atoms with Gasteiger partial charge in [0.05, 0.1) is 6.04 Å². The van der Waals surface area contributed by atoms with Crippen LogP contribution in [0.5, 0.6) is 0 Å². The number of amides is 3. The van der Waals surface area contributed by atoms with Crippen molar-refractivity contribution >= 4 is 23.7 Å². The first-order valence-electron chi connectivity index (χ1n) is 12.9. The van der Waals surface area contributed by atoms with Gasteiger partial charge >= 0.3 is 6.09 Å². The average Bonchev–Trinajstić information content (AvgIpc) is 3.39. The van der Waals surface area contributed by atoms with Crippen molar-refractivity contribution in [1.82, 2.24) is 15.5 Å². The minimum Gasteiger partial charge on any atom is -0.445 e. The summed E-state index contributed by atoms with van der Waals surface area (Å²) in [6.45, 7) is 7.91. The minimum absolute atomic E-state index is 0.0897. The highest BCUT2D eigenvalue weighted by Crippen LogP contribution is 2.22. The van der Waals surface area contributed by atoms with Crippen LogP contribution in [0.25, 0.3) is 0 Å². The zero-order valence-electron chi connectivity index (χ0n) is 22.0. The molecule has 1 aliphatic rings. The van der Waals surface area contributed by atoms with Crippen molar-refractivity contribution in [2.75, 3.05) is 6.54 Å². The van der Waals surface area contributed by atoms with E-state index in [1.165, 1.54) is 4.90 Å². The molecule has 37 heavy (non-hydrogen) atoms. The van der Waals surface area contributed by atoms with Crippen LogP contribution in [0.15, 0.2) is 60.7 Å². The maximum Gasteiger partial charge on any atom is 0.408 e. The largest absolute Gasteiger partial charge is 0.445 e. The molecule has 0 aromatic heterocycles. The second kappa shape index (κ2) is 13.0. The Hall–Kier alpha value is -3.68. The summed E-state index contributed by atoms with van der Waals surface area (Å²) in [5.41, 5.74) is 1.37. The predicted octanol–water partition coefficient (Wildman–Crippen LogP) is 3.95. The van der Waals surface area contributed by atoms with Gasteiger partial charge in [0.15, 0.2) is 5.78 Å². The Morgan fingerprint density at radius 3 is 2.05 bits per heavy atom. The summed E-state index contributed by atoms with van der Waals surface area (Å²) < 4.78 is 5.31. The van der Waals surface area contributed by atoms with Crippen molar-refractivity contribution in [2.24, 2.45) is 11.8 Å². The van der Waals surface area contributed by atoms with E-state index in [0.717, 1.165) is 5.56 Å². The minimum atomic E-state index is -0.844. The molecular weight excluding hydrogens is 470 g/mol. The molecule has 3 rings (SSSR count). The molecule has 1 saturated heterocycles. The Balaban J connectivity index is 1.66. The zero-order valence-corrected chi connectivity index (χ0v) is 22.0. The maximum atomic E-state index is 13.5. The van der Waals surface area contributed by atoms with Crippen LogP contribution in [-0.4, -0.2) is 53.3 Å². The number of ether oxygens (including phenoxy) is 1. The van der Waals surface area contributed by atoms with Crippen LogP contribution >= 0.6 is 0 Å². The average molecular weight is 508 g/mol. The summed E-state index contributed by atoms with van der Waals surface area (Å²) in [5.74, 6) is -1.21. The van der Waals surface area contributed by atoms with Crippen molar-refractivity contribution in [3.05, 3.63) is 71.8 Å². The van der Waals surface area contributed by atoms with Crippen LogP contribution in [0.3, 0.4) is 0 Å². The van der Waals surface area contributed by atoms with Crippen molar-refractivity contribution in [2.45, 2.75) is 65.3 Å². The second-order valence-corrected chi connectivity index (χ2v) is 10.1. The van der Waals surface area contributed by atoms with Gasteiger partial charge in [-0.3, -0.25) is 14.4 Å². The predicted molar refractivity (Wildman–Crippen MR) is 141 cm³/mol. The molecule has 1 heterocycles. The van der Waals surface area contributed by atoms with Gasteiger partial charge in [-0.05, 0) is 30.2 Å². The topological polar surface area (TPSA) is 105 Å². The van der Waals surface area contributed by atoms with Gasteiger partial charge in [0.25, 0.3) is 0 Å². The molecule has 1 fully saturated rings. The van der Waals surface area contributed by atoms with Crippen LogP contribution in [0, 0.1) is 11.8 Å². The quantitative estimate of drug-likeness (QED) is 0.474. The zero-order chi connectivity index (χ0) is 26.9. The van der Waals surface area contributed by atoms with Gasteiger partial charge < -0.3 is 20.3 Å². The second-order valence-electron chi connectivity index (χ2n) is 10.1. The van der Waals surface area contributed by atoms with E-state index in [-0.39, 0.29) is 36.0 Å². The summed E-state index contributed by atoms with van der Waals surface area (Å²) in [6.07, 6.45) is 0.460. The lowest BCUT2D eigenvalue weighted by Gasteiger charge is -2.31. The number of hydrogen-bond acceptors (Lipinski definition) is 5. The molecule has 0 unspecified atom stereocenters. The molecule has 0 saturated carbocycles. The van der Waals surface area contributed by atoms with Crippen LogP contribution in [0.4, 0.5) is 4.79 Å². The molecule has 0 spiro atoms. The van der Waals surface area contributed by atoms with Gasteiger partial charge in [0, 0.05) is 12.1 Å². The summed E-state index contributed by atoms with van der Waals surface area (Å²) in [6, 6.07) is 15.9. The molecule has 8 heteroatoms. The van der Waals surface area contributed by atoms with Gasteiger partial charge in [0.1, 0.15) is 18.7 Å². The highest BCUT2D eigenvalue weighted by molar-refractivity contribution is 6.03. The molecule has 2 aromatic carbocycles. The van der Waals surface area contributed by atoms with Gasteiger partial charge in [-0.25, -0.2) is 4.79 Å². The summed E-state index contributed by atoms with van der Waals surface area (Å²) in [7, 11) is 0. The molecule has 0 aliphatic carbocycles. The van der Waals surface area contributed by atoms with Crippen LogP contribution in [-0.2, 0) is 20.9 Å². The third-order valence-corrected chi connectivity index (χ3v) is 6.56. The van der Waals surface area contributed by atoms with Crippen molar-refractivity contribution < 1.29 is 23.9 Å². The Bertz CT molecular complexity index is 1070. The molecule has 2 N–H and O–H groups in total. The number of rotatable bonds is 10. The molecular formula is C29H37N3O5. The Labute approximate surface area is 218 Å². The van der Waals surface area contributed by atoms with E-state index in [1.807, 2.05) is 64.1 Å². The number of nitrogens with one attached hydrogen (secondary N) is 2. The Morgan fingerprint density at radius 2 is 1.46 bits per heavy atom. The molecule has 0 bridgehead atoms. The first kappa shape index (κ1) is 27.9. The lowest BCUT2D eigenvalue weighted by atomic mass is 9.94. The number of hydrogen-bond donors (Lipinski definition) is 2. The number of nitrogens with zero attached hydrogens (tertiary/aromatic N) is 1. The molecule has 2 aromatic rings. The fourth-order valence-corrected chi connectivity index (χ4v) is 4.45. The number of carbonyl (C=O) groups is 4. The fraction of sp³-hybridized carbons (Fsp3) is 0.448. The number of likely N-dealkylation sites (tertiary alicyclic amines) is 1. The maximum absolute atomic E-state index is 13.5. The van der Waals surface area contributed by atoms with E-state index in [1.54, 1.807) is 24.3 Å². The van der Waals surface area contributed by atoms with E-state index in [4.69, 9.17) is 4.74 Å². The Kier molecular flexibility index (Phi) is 9.83. The van der Waals surface area contributed by atoms with E-state index in [0.29, 0.717) is 24.9 Å². The molecule has 8 nitrogen and oxygen atoms in total. The standard InChI is InChI=1S/C29H37N3O5/c1-19(2)24(26(33)22-14-9-6-10-15-22)30-27(34)23-16-11-17-32(23)28(35)25(20(3)4)31-29(36)37-18-21-12-7-5-8-13-21/h5-10,12-15,19-20,23-25H,11,16-18H2,1-4H3,(H,30,34)(H,31,36)/t23-,24-,25-/m0/s1. The van der Waals surface area contributed by atoms with Crippen LogP contribution in [0.1, 0.15) is 56.5 Å². The van der Waals surface area contributed by atoms with Crippen molar-refractivity contribution in [3.8, 4) is 0 Å². The molecule has 198 valence electrons. The molecule has 3 amide bonds. The smallest absolute Gasteiger partial charge is 0.408 e. The van der Waals surface area contributed by atoms with E-state index >= 15 is 0 Å². The summed E-state index contributed by atoms with van der Waals surface area (Å²) >= 11 is 0. The van der Waals surface area contributed by atoms with Crippen molar-refractivity contribution in [1.29, 1.82) is 0 Å². The third-order valence-electron chi connectivity index (χ3n) is 6.56. The highest BCUT2D eigenvalue weighted by atomic mass is 16.5. The fourth-order valence-electron chi connectivity index (χ4n) is 4.45. The monoisotopic (exact) mass is 507 g/mol. The van der Waals surface area contributed by atoms with Crippen molar-refractivity contribution in [3.63, 3.8) is 0 Å². The van der Waals surface area contributed by atoms with Crippen LogP contribution in [0.2, 0.25) is 0 Å². The SMILES string of the molecule is CC(C)[C@H](NC(=O)[C@@H]1CCCN1C(=O)[C@@H](NC(=O)OCc1ccccc1)C(C)C)C(=O)c1ccccc1. The van der Waals surface area contributed by atoms with E-state index in [2.05, 4.69) is 10.6 Å². The van der Waals surface area contributed by atoms with E-state index < -0.39 is 24.2 Å². The molecule has 0 radical (unpaired) electrons. The first-order chi connectivity index (χ1) is 17.7. The van der Waals surface area contributed by atoms with E-state index in [9.17, 15) is 19.2 Å². The Morgan fingerprint density at radius 1 is 0.865 bits per heavy atom. The third kappa shape index (κ3) is 7.41. The lowest BCUT2D eigenvalue weighted by Crippen LogP contribution is -2.57. The number of alkyl carbamates (subject to hydrolysis) is 1. The number of carbonyl (C=O) groups excluding carboxylic acids is 4.